The van der Waals surface area contributed by atoms with Gasteiger partial charge in [0.15, 0.2) is 11.5 Å². The highest BCUT2D eigenvalue weighted by Crippen LogP contribution is 2.34. The molecule has 28 heavy (non-hydrogen) atoms. The number of hydrogen-bond donors (Lipinski definition) is 2. The van der Waals surface area contributed by atoms with E-state index in [1.54, 1.807) is 19.9 Å². The Hall–Kier alpha value is -2.77. The molecule has 4 amide bonds. The largest absolute Gasteiger partial charge is 0.454 e. The molecule has 2 atom stereocenters. The van der Waals surface area contributed by atoms with Crippen molar-refractivity contribution in [1.82, 2.24) is 15.5 Å². The normalized spacial score (nSPS) is 25.1. The Morgan fingerprint density at radius 2 is 2.00 bits per heavy atom. The molecule has 1 aromatic carbocycles. The van der Waals surface area contributed by atoms with Gasteiger partial charge in [-0.3, -0.25) is 9.59 Å². The summed E-state index contributed by atoms with van der Waals surface area (Å²) in [6.07, 6.45) is 4.37. The lowest BCUT2D eigenvalue weighted by Crippen LogP contribution is -2.51. The molecule has 2 N–H and O–H groups in total. The predicted octanol–water partition coefficient (Wildman–Crippen LogP) is 1.72. The monoisotopic (exact) mass is 387 g/mol. The van der Waals surface area contributed by atoms with Crippen LogP contribution in [0.25, 0.3) is 0 Å². The van der Waals surface area contributed by atoms with Gasteiger partial charge in [0.05, 0.1) is 0 Å². The van der Waals surface area contributed by atoms with Crippen LogP contribution in [0.5, 0.6) is 11.5 Å². The van der Waals surface area contributed by atoms with E-state index in [1.165, 1.54) is 0 Å². The van der Waals surface area contributed by atoms with Crippen molar-refractivity contribution >= 4 is 17.8 Å². The molecule has 1 saturated carbocycles. The first kappa shape index (κ1) is 18.6. The van der Waals surface area contributed by atoms with Crippen molar-refractivity contribution < 1.29 is 23.9 Å². The van der Waals surface area contributed by atoms with Gasteiger partial charge in [-0.25, -0.2) is 9.69 Å². The molecule has 2 fully saturated rings. The first-order valence-electron chi connectivity index (χ1n) is 9.72. The van der Waals surface area contributed by atoms with E-state index in [-0.39, 0.29) is 18.7 Å². The minimum absolute atomic E-state index is 0.135. The highest BCUT2D eigenvalue weighted by atomic mass is 16.7. The van der Waals surface area contributed by atoms with Crippen LogP contribution < -0.4 is 20.1 Å². The summed E-state index contributed by atoms with van der Waals surface area (Å²) in [5.74, 6) is 0.598. The van der Waals surface area contributed by atoms with Crippen LogP contribution in [0.15, 0.2) is 18.2 Å². The number of nitrogens with zero attached hydrogens (tertiary/aromatic N) is 1. The molecule has 4 rings (SSSR count). The number of imide groups is 1. The number of ether oxygens (including phenoxy) is 2. The summed E-state index contributed by atoms with van der Waals surface area (Å²) >= 11 is 0. The molecule has 1 aromatic rings. The van der Waals surface area contributed by atoms with E-state index < -0.39 is 23.5 Å². The fourth-order valence-corrected chi connectivity index (χ4v) is 4.15. The van der Waals surface area contributed by atoms with Crippen LogP contribution in [0.3, 0.4) is 0 Å². The molecule has 3 aliphatic rings. The van der Waals surface area contributed by atoms with Gasteiger partial charge in [0.2, 0.25) is 12.7 Å². The molecule has 1 aliphatic carbocycles. The molecule has 8 heteroatoms. The van der Waals surface area contributed by atoms with Crippen molar-refractivity contribution in [3.05, 3.63) is 23.8 Å². The highest BCUT2D eigenvalue weighted by Gasteiger charge is 2.50. The van der Waals surface area contributed by atoms with Crippen LogP contribution in [0.4, 0.5) is 4.79 Å². The highest BCUT2D eigenvalue weighted by molar-refractivity contribution is 6.09. The summed E-state index contributed by atoms with van der Waals surface area (Å²) in [7, 11) is 0. The molecule has 0 bridgehead atoms. The maximum absolute atomic E-state index is 13.1. The van der Waals surface area contributed by atoms with Crippen molar-refractivity contribution in [1.29, 1.82) is 0 Å². The molecular weight excluding hydrogens is 362 g/mol. The van der Waals surface area contributed by atoms with Crippen molar-refractivity contribution in [2.75, 3.05) is 6.79 Å². The topological polar surface area (TPSA) is 97.0 Å². The zero-order valence-corrected chi connectivity index (χ0v) is 16.1. The third-order valence-corrected chi connectivity index (χ3v) is 5.76. The number of fused-ring (bicyclic) bond motifs is 1. The smallest absolute Gasteiger partial charge is 0.325 e. The molecule has 0 spiro atoms. The van der Waals surface area contributed by atoms with Gasteiger partial charge in [-0.05, 0) is 44.4 Å². The predicted molar refractivity (Wildman–Crippen MR) is 99.9 cm³/mol. The number of carbonyl (C=O) groups excluding carboxylic acids is 3. The average molecular weight is 387 g/mol. The maximum atomic E-state index is 13.1. The summed E-state index contributed by atoms with van der Waals surface area (Å²) in [4.78, 5) is 39.2. The third kappa shape index (κ3) is 3.27. The van der Waals surface area contributed by atoms with Gasteiger partial charge < -0.3 is 20.1 Å². The average Bonchev–Trinajstić information content (AvgIpc) is 3.36. The van der Waals surface area contributed by atoms with Gasteiger partial charge in [0, 0.05) is 12.5 Å². The Labute approximate surface area is 163 Å². The van der Waals surface area contributed by atoms with Crippen LogP contribution in [-0.4, -0.2) is 47.2 Å². The van der Waals surface area contributed by atoms with E-state index >= 15 is 0 Å². The van der Waals surface area contributed by atoms with Crippen molar-refractivity contribution in [3.8, 4) is 11.5 Å². The Morgan fingerprint density at radius 3 is 2.75 bits per heavy atom. The second-order valence-electron chi connectivity index (χ2n) is 7.97. The van der Waals surface area contributed by atoms with Gasteiger partial charge >= 0.3 is 6.03 Å². The number of nitrogens with one attached hydrogen (secondary N) is 2. The lowest BCUT2D eigenvalue weighted by molar-refractivity contribution is -0.137. The number of benzene rings is 1. The minimum Gasteiger partial charge on any atom is -0.454 e. The number of urea groups is 1. The second kappa shape index (κ2) is 7.00. The van der Waals surface area contributed by atoms with Crippen molar-refractivity contribution in [2.24, 2.45) is 0 Å². The van der Waals surface area contributed by atoms with E-state index in [0.29, 0.717) is 17.9 Å². The van der Waals surface area contributed by atoms with Crippen LogP contribution in [0, 0.1) is 0 Å². The lowest BCUT2D eigenvalue weighted by Gasteiger charge is -2.25. The summed E-state index contributed by atoms with van der Waals surface area (Å²) in [6, 6.07) is 4.19. The van der Waals surface area contributed by atoms with E-state index in [0.717, 1.165) is 36.1 Å². The van der Waals surface area contributed by atoms with E-state index in [1.807, 2.05) is 12.1 Å². The number of rotatable bonds is 5. The second-order valence-corrected chi connectivity index (χ2v) is 7.97. The molecule has 1 saturated heterocycles. The summed E-state index contributed by atoms with van der Waals surface area (Å²) < 4.78 is 10.7. The van der Waals surface area contributed by atoms with Crippen molar-refractivity contribution in [2.45, 2.75) is 63.6 Å². The molecule has 2 heterocycles. The Balaban J connectivity index is 1.47. The van der Waals surface area contributed by atoms with Gasteiger partial charge in [0.1, 0.15) is 11.6 Å². The Kier molecular flexibility index (Phi) is 4.64. The SMILES string of the molecule is C[C@H](C(=O)NC1CCCC1)N1C(=O)N[C@@](C)(Cc2ccc3c(c2)OCO3)C1=O. The first-order valence-corrected chi connectivity index (χ1v) is 9.72. The fraction of sp³-hybridized carbons (Fsp3) is 0.550. The first-order chi connectivity index (χ1) is 13.4. The summed E-state index contributed by atoms with van der Waals surface area (Å²) in [6.45, 7) is 3.45. The van der Waals surface area contributed by atoms with Crippen LogP contribution in [-0.2, 0) is 16.0 Å². The lowest BCUT2D eigenvalue weighted by atomic mass is 9.92. The third-order valence-electron chi connectivity index (χ3n) is 5.76. The van der Waals surface area contributed by atoms with Crippen LogP contribution >= 0.6 is 0 Å². The van der Waals surface area contributed by atoms with Gasteiger partial charge in [-0.15, -0.1) is 0 Å². The van der Waals surface area contributed by atoms with E-state index in [2.05, 4.69) is 10.6 Å². The summed E-state index contributed by atoms with van der Waals surface area (Å²) in [5.41, 5.74) is -0.280. The van der Waals surface area contributed by atoms with Gasteiger partial charge in [-0.2, -0.15) is 0 Å². The molecule has 2 aliphatic heterocycles. The van der Waals surface area contributed by atoms with E-state index in [9.17, 15) is 14.4 Å². The molecule has 8 nitrogen and oxygen atoms in total. The molecule has 0 unspecified atom stereocenters. The summed E-state index contributed by atoms with van der Waals surface area (Å²) in [5, 5.41) is 5.72. The number of amides is 4. The maximum Gasteiger partial charge on any atom is 0.325 e. The zero-order valence-electron chi connectivity index (χ0n) is 16.1. The minimum atomic E-state index is -1.12. The fourth-order valence-electron chi connectivity index (χ4n) is 4.15. The quantitative estimate of drug-likeness (QED) is 0.750. The number of hydrogen-bond acceptors (Lipinski definition) is 5. The van der Waals surface area contributed by atoms with Gasteiger partial charge in [-0.1, -0.05) is 18.9 Å². The van der Waals surface area contributed by atoms with Crippen LogP contribution in [0.1, 0.15) is 45.1 Å². The number of carbonyl (C=O) groups is 3. The molecule has 0 aromatic heterocycles. The Bertz CT molecular complexity index is 820. The van der Waals surface area contributed by atoms with Gasteiger partial charge in [0.25, 0.3) is 5.91 Å². The zero-order chi connectivity index (χ0) is 19.9. The molecule has 0 radical (unpaired) electrons. The standard InChI is InChI=1S/C20H25N3O5/c1-12(17(24)21-14-5-3-4-6-14)23-18(25)20(2,22-19(23)26)10-13-7-8-15-16(9-13)28-11-27-15/h7-9,12,14H,3-6,10-11H2,1-2H3,(H,21,24)(H,22,26)/t12-,20+/m1/s1. The Morgan fingerprint density at radius 1 is 1.29 bits per heavy atom. The van der Waals surface area contributed by atoms with Crippen LogP contribution in [0.2, 0.25) is 0 Å². The molecule has 150 valence electrons. The van der Waals surface area contributed by atoms with E-state index in [4.69, 9.17) is 9.47 Å². The van der Waals surface area contributed by atoms with Crippen molar-refractivity contribution in [3.63, 3.8) is 0 Å². The molecular formula is C20H25N3O5.